The van der Waals surface area contributed by atoms with E-state index in [1.54, 1.807) is 21.7 Å². The van der Waals surface area contributed by atoms with E-state index in [2.05, 4.69) is 21.9 Å². The number of ether oxygens (including phenoxy) is 1. The Bertz CT molecular complexity index is 1300. The molecule has 3 aromatic rings. The Morgan fingerprint density at radius 3 is 2.74 bits per heavy atom. The van der Waals surface area contributed by atoms with Gasteiger partial charge in [-0.05, 0) is 57.7 Å². The number of hydrogen-bond acceptors (Lipinski definition) is 5. The molecule has 0 N–H and O–H groups in total. The van der Waals surface area contributed by atoms with Crippen molar-refractivity contribution in [1.29, 1.82) is 0 Å². The Hall–Kier alpha value is -2.71. The second-order valence-corrected chi connectivity index (χ2v) is 10.4. The molecule has 3 aliphatic heterocycles. The van der Waals surface area contributed by atoms with Crippen LogP contribution in [-0.4, -0.2) is 55.0 Å². The SMILES string of the molecule is CCCN1[C@@H]2CC[C@H]1CC(Oc1cc(F)ccc1C(=O)N1Cc3nn4cc(Cl)c(C)nc4c3C1)C2. The molecular formula is C26H29ClFN5O2. The molecule has 1 unspecified atom stereocenters. The summed E-state index contributed by atoms with van der Waals surface area (Å²) < 4.78 is 22.3. The minimum atomic E-state index is -0.401. The van der Waals surface area contributed by atoms with Crippen LogP contribution < -0.4 is 4.74 Å². The van der Waals surface area contributed by atoms with Crippen LogP contribution in [0.4, 0.5) is 4.39 Å². The molecule has 0 aliphatic carbocycles. The zero-order chi connectivity index (χ0) is 24.3. The lowest BCUT2D eigenvalue weighted by Gasteiger charge is -2.39. The number of amides is 1. The molecule has 3 atom stereocenters. The van der Waals surface area contributed by atoms with Gasteiger partial charge in [-0.15, -0.1) is 0 Å². The normalized spacial score (nSPS) is 23.8. The van der Waals surface area contributed by atoms with E-state index >= 15 is 0 Å². The summed E-state index contributed by atoms with van der Waals surface area (Å²) in [5.41, 5.74) is 3.55. The predicted molar refractivity (Wildman–Crippen MR) is 130 cm³/mol. The number of aryl methyl sites for hydroxylation is 1. The fourth-order valence-electron chi connectivity index (χ4n) is 6.05. The molecule has 1 aromatic carbocycles. The molecule has 0 spiro atoms. The first-order chi connectivity index (χ1) is 16.9. The molecule has 2 aromatic heterocycles. The van der Waals surface area contributed by atoms with Crippen LogP contribution in [0, 0.1) is 12.7 Å². The second kappa shape index (κ2) is 8.75. The van der Waals surface area contributed by atoms with E-state index in [9.17, 15) is 9.18 Å². The van der Waals surface area contributed by atoms with Crippen LogP contribution in [0.2, 0.25) is 5.02 Å². The summed E-state index contributed by atoms with van der Waals surface area (Å²) >= 11 is 6.19. The summed E-state index contributed by atoms with van der Waals surface area (Å²) in [4.78, 5) is 22.5. The molecule has 3 aliphatic rings. The van der Waals surface area contributed by atoms with Crippen molar-refractivity contribution >= 4 is 23.2 Å². The third kappa shape index (κ3) is 3.96. The largest absolute Gasteiger partial charge is 0.489 e. The number of carbonyl (C=O) groups is 1. The number of halogens is 2. The lowest BCUT2D eigenvalue weighted by atomic mass is 9.99. The first-order valence-electron chi connectivity index (χ1n) is 12.5. The number of fused-ring (bicyclic) bond motifs is 5. The van der Waals surface area contributed by atoms with Crippen molar-refractivity contribution < 1.29 is 13.9 Å². The van der Waals surface area contributed by atoms with Crippen LogP contribution in [0.5, 0.6) is 5.75 Å². The lowest BCUT2D eigenvalue weighted by Crippen LogP contribution is -2.46. The van der Waals surface area contributed by atoms with Crippen molar-refractivity contribution in [2.75, 3.05) is 6.54 Å². The molecular weight excluding hydrogens is 469 g/mol. The summed E-state index contributed by atoms with van der Waals surface area (Å²) in [6.07, 6.45) is 7.09. The highest BCUT2D eigenvalue weighted by Crippen LogP contribution is 2.38. The van der Waals surface area contributed by atoms with Crippen molar-refractivity contribution in [1.82, 2.24) is 24.4 Å². The fourth-order valence-corrected chi connectivity index (χ4v) is 6.19. The molecule has 6 rings (SSSR count). The second-order valence-electron chi connectivity index (χ2n) is 10.0. The zero-order valence-electron chi connectivity index (χ0n) is 20.0. The standard InChI is InChI=1S/C26H29ClFN5O2/c1-3-8-32-17-5-6-18(32)11-19(10-17)35-24-9-16(28)4-7-20(24)26(34)31-12-21-23(14-31)30-33-13-22(27)15(2)29-25(21)33/h4,7,9,13,17-19H,3,5-6,8,10-12,14H2,1-2H3/t17-,18+,19?. The zero-order valence-corrected chi connectivity index (χ0v) is 20.8. The molecule has 7 nitrogen and oxygen atoms in total. The van der Waals surface area contributed by atoms with Gasteiger partial charge in [0.05, 0.1) is 41.3 Å². The van der Waals surface area contributed by atoms with Crippen LogP contribution in [0.1, 0.15) is 66.3 Å². The topological polar surface area (TPSA) is 63.0 Å². The average Bonchev–Trinajstić information content (AvgIpc) is 3.44. The summed E-state index contributed by atoms with van der Waals surface area (Å²) in [5.74, 6) is -0.252. The van der Waals surface area contributed by atoms with E-state index in [1.165, 1.54) is 25.0 Å². The van der Waals surface area contributed by atoms with E-state index in [1.807, 2.05) is 6.92 Å². The number of nitrogens with zero attached hydrogens (tertiary/aromatic N) is 5. The van der Waals surface area contributed by atoms with Crippen molar-refractivity contribution in [3.8, 4) is 5.75 Å². The quantitative estimate of drug-likeness (QED) is 0.508. The average molecular weight is 498 g/mol. The number of rotatable bonds is 5. The van der Waals surface area contributed by atoms with Crippen LogP contribution in [0.25, 0.3) is 5.65 Å². The van der Waals surface area contributed by atoms with Crippen LogP contribution >= 0.6 is 11.6 Å². The van der Waals surface area contributed by atoms with Crippen molar-refractivity contribution in [3.05, 3.63) is 57.8 Å². The summed E-state index contributed by atoms with van der Waals surface area (Å²) in [7, 11) is 0. The highest BCUT2D eigenvalue weighted by molar-refractivity contribution is 6.31. The van der Waals surface area contributed by atoms with E-state index in [-0.39, 0.29) is 12.0 Å². The fraction of sp³-hybridized carbons (Fsp3) is 0.500. The van der Waals surface area contributed by atoms with Gasteiger partial charge in [-0.3, -0.25) is 9.69 Å². The number of hydrogen-bond donors (Lipinski definition) is 0. The van der Waals surface area contributed by atoms with Gasteiger partial charge in [-0.25, -0.2) is 13.9 Å². The molecule has 2 fully saturated rings. The maximum atomic E-state index is 14.2. The van der Waals surface area contributed by atoms with Gasteiger partial charge in [-0.2, -0.15) is 5.10 Å². The van der Waals surface area contributed by atoms with E-state index in [0.29, 0.717) is 47.2 Å². The monoisotopic (exact) mass is 497 g/mol. The Labute approximate surface area is 208 Å². The molecule has 0 radical (unpaired) electrons. The van der Waals surface area contributed by atoms with E-state index in [0.717, 1.165) is 42.8 Å². The molecule has 2 bridgehead atoms. The highest BCUT2D eigenvalue weighted by atomic mass is 35.5. The van der Waals surface area contributed by atoms with E-state index < -0.39 is 5.82 Å². The maximum absolute atomic E-state index is 14.2. The number of benzene rings is 1. The Morgan fingerprint density at radius 2 is 2.00 bits per heavy atom. The van der Waals surface area contributed by atoms with Gasteiger partial charge < -0.3 is 9.64 Å². The summed E-state index contributed by atoms with van der Waals surface area (Å²) in [6, 6.07) is 5.25. The third-order valence-electron chi connectivity index (χ3n) is 7.69. The maximum Gasteiger partial charge on any atom is 0.258 e. The number of piperidine rings is 1. The van der Waals surface area contributed by atoms with E-state index in [4.69, 9.17) is 16.3 Å². The van der Waals surface area contributed by atoms with Crippen molar-refractivity contribution in [2.45, 2.75) is 77.2 Å². The molecule has 9 heteroatoms. The lowest BCUT2D eigenvalue weighted by molar-refractivity contribution is 0.0479. The summed E-state index contributed by atoms with van der Waals surface area (Å²) in [6.45, 7) is 5.94. The Kier molecular flexibility index (Phi) is 5.68. The van der Waals surface area contributed by atoms with Crippen LogP contribution in [0.15, 0.2) is 24.4 Å². The van der Waals surface area contributed by atoms with Gasteiger partial charge in [0.25, 0.3) is 5.91 Å². The molecule has 2 saturated heterocycles. The van der Waals surface area contributed by atoms with Gasteiger partial charge in [0, 0.05) is 23.7 Å². The van der Waals surface area contributed by atoms with Gasteiger partial charge >= 0.3 is 0 Å². The molecule has 35 heavy (non-hydrogen) atoms. The van der Waals surface area contributed by atoms with Gasteiger partial charge in [-0.1, -0.05) is 18.5 Å². The Morgan fingerprint density at radius 1 is 1.23 bits per heavy atom. The Balaban J connectivity index is 1.22. The molecule has 184 valence electrons. The minimum absolute atomic E-state index is 0.00846. The first-order valence-corrected chi connectivity index (χ1v) is 12.8. The van der Waals surface area contributed by atoms with Crippen molar-refractivity contribution in [3.63, 3.8) is 0 Å². The first kappa shape index (κ1) is 22.7. The van der Waals surface area contributed by atoms with Crippen LogP contribution in [-0.2, 0) is 13.1 Å². The third-order valence-corrected chi connectivity index (χ3v) is 8.06. The summed E-state index contributed by atoms with van der Waals surface area (Å²) in [5, 5.41) is 5.13. The molecule has 0 saturated carbocycles. The predicted octanol–water partition coefficient (Wildman–Crippen LogP) is 4.77. The molecule has 5 heterocycles. The van der Waals surface area contributed by atoms with Crippen molar-refractivity contribution in [2.24, 2.45) is 0 Å². The van der Waals surface area contributed by atoms with Gasteiger partial charge in [0.2, 0.25) is 0 Å². The number of carbonyl (C=O) groups excluding carboxylic acids is 1. The van der Waals surface area contributed by atoms with Gasteiger partial charge in [0.15, 0.2) is 5.65 Å². The molecule has 1 amide bonds. The smallest absolute Gasteiger partial charge is 0.258 e. The highest BCUT2D eigenvalue weighted by Gasteiger charge is 2.41. The minimum Gasteiger partial charge on any atom is -0.489 e. The van der Waals surface area contributed by atoms with Crippen LogP contribution in [0.3, 0.4) is 0 Å². The van der Waals surface area contributed by atoms with Gasteiger partial charge in [0.1, 0.15) is 17.7 Å². The number of aromatic nitrogens is 3.